The first-order chi connectivity index (χ1) is 21.2. The lowest BCUT2D eigenvalue weighted by atomic mass is 10.1. The highest BCUT2D eigenvalue weighted by atomic mass is 35.5. The normalized spacial score (nSPS) is 11.2. The van der Waals surface area contributed by atoms with Crippen molar-refractivity contribution in [3.63, 3.8) is 0 Å². The van der Waals surface area contributed by atoms with Crippen LogP contribution in [0.2, 0.25) is 5.02 Å². The molecule has 236 valence electrons. The zero-order chi connectivity index (χ0) is 32.3. The molecular formula is C33H39ClNO8P. The molecule has 0 bridgehead atoms. The van der Waals surface area contributed by atoms with Gasteiger partial charge >= 0.3 is 13.8 Å². The van der Waals surface area contributed by atoms with E-state index in [1.807, 2.05) is 19.9 Å². The molecule has 11 heteroatoms. The van der Waals surface area contributed by atoms with Gasteiger partial charge in [0.1, 0.15) is 11.5 Å². The van der Waals surface area contributed by atoms with Crippen LogP contribution in [0.1, 0.15) is 54.9 Å². The molecule has 4 aromatic rings. The first kappa shape index (κ1) is 35.0. The maximum Gasteiger partial charge on any atom is 0.474 e. The molecule has 0 unspecified atom stereocenters. The second-order valence-electron chi connectivity index (χ2n) is 9.26. The molecule has 0 aliphatic carbocycles. The molecule has 0 saturated carbocycles. The third-order valence-corrected chi connectivity index (χ3v) is 8.43. The van der Waals surface area contributed by atoms with Crippen LogP contribution in [0.3, 0.4) is 0 Å². The summed E-state index contributed by atoms with van der Waals surface area (Å²) in [6.07, 6.45) is 0.399. The number of carbonyl (C=O) groups excluding carboxylic acids is 2. The van der Waals surface area contributed by atoms with Gasteiger partial charge in [0.05, 0.1) is 38.9 Å². The predicted molar refractivity (Wildman–Crippen MR) is 172 cm³/mol. The van der Waals surface area contributed by atoms with Gasteiger partial charge < -0.3 is 9.47 Å². The highest BCUT2D eigenvalue weighted by molar-refractivity contribution is 7.48. The molecule has 0 amide bonds. The van der Waals surface area contributed by atoms with Gasteiger partial charge in [-0.25, -0.2) is 4.57 Å². The quantitative estimate of drug-likeness (QED) is 0.0816. The average Bonchev–Trinajstić information content (AvgIpc) is 3.29. The van der Waals surface area contributed by atoms with Gasteiger partial charge in [0.2, 0.25) is 0 Å². The number of fused-ring (bicyclic) bond motifs is 1. The smallest absolute Gasteiger partial charge is 0.474 e. The van der Waals surface area contributed by atoms with Crippen molar-refractivity contribution in [2.24, 2.45) is 0 Å². The number of phosphoric acid groups is 1. The van der Waals surface area contributed by atoms with Gasteiger partial charge in [0.15, 0.2) is 0 Å². The fourth-order valence-corrected chi connectivity index (χ4v) is 5.83. The third-order valence-electron chi connectivity index (χ3n) is 6.53. The van der Waals surface area contributed by atoms with E-state index in [0.717, 1.165) is 10.9 Å². The molecule has 0 spiro atoms. The van der Waals surface area contributed by atoms with E-state index in [1.54, 1.807) is 93.1 Å². The maximum absolute atomic E-state index is 13.5. The van der Waals surface area contributed by atoms with Crippen LogP contribution in [0.4, 0.5) is 0 Å². The predicted octanol–water partition coefficient (Wildman–Crippen LogP) is 8.21. The van der Waals surface area contributed by atoms with Crippen molar-refractivity contribution in [2.45, 2.75) is 47.5 Å². The number of hydrogen-bond acceptors (Lipinski definition) is 8. The van der Waals surface area contributed by atoms with Crippen LogP contribution < -0.4 is 9.47 Å². The van der Waals surface area contributed by atoms with Gasteiger partial charge in [-0.05, 0) is 92.9 Å². The molecule has 0 atom stereocenters. The molecule has 0 aliphatic rings. The number of hydrogen-bond donors (Lipinski definition) is 0. The van der Waals surface area contributed by atoms with Crippen LogP contribution in [0, 0.1) is 6.92 Å². The number of esters is 1. The number of methoxy groups -OCH3 is 1. The molecule has 0 aliphatic heterocycles. The average molecular weight is 644 g/mol. The van der Waals surface area contributed by atoms with E-state index >= 15 is 0 Å². The number of rotatable bonds is 13. The van der Waals surface area contributed by atoms with Gasteiger partial charge in [0.25, 0.3) is 5.91 Å². The number of aromatic nitrogens is 1. The fraction of sp³-hybridized carbons (Fsp3) is 0.333. The molecule has 0 saturated heterocycles. The van der Waals surface area contributed by atoms with E-state index in [2.05, 4.69) is 0 Å². The largest absolute Gasteiger partial charge is 0.497 e. The summed E-state index contributed by atoms with van der Waals surface area (Å²) in [5, 5.41) is 1.25. The summed E-state index contributed by atoms with van der Waals surface area (Å²) in [6, 6.07) is 19.0. The van der Waals surface area contributed by atoms with Crippen LogP contribution >= 0.6 is 19.4 Å². The SMILES string of the molecule is CC.CCOP(=O)(OCC)OCCc1ccc(OC(=O)Cc2c(C)n(C(=O)c3ccc(Cl)cc3)c3ccc(OC)cc23)cc1. The summed E-state index contributed by atoms with van der Waals surface area (Å²) in [5.41, 5.74) is 3.30. The van der Waals surface area contributed by atoms with Gasteiger partial charge in [-0.1, -0.05) is 37.6 Å². The second-order valence-corrected chi connectivity index (χ2v) is 11.4. The van der Waals surface area contributed by atoms with Crippen LogP contribution in [-0.4, -0.2) is 43.4 Å². The minimum atomic E-state index is -3.57. The number of carbonyl (C=O) groups is 2. The lowest BCUT2D eigenvalue weighted by Crippen LogP contribution is -2.15. The number of halogens is 1. The maximum atomic E-state index is 13.5. The van der Waals surface area contributed by atoms with E-state index in [0.29, 0.717) is 45.3 Å². The van der Waals surface area contributed by atoms with Crippen LogP contribution in [0.5, 0.6) is 11.5 Å². The van der Waals surface area contributed by atoms with Gasteiger partial charge in [-0.15, -0.1) is 0 Å². The number of phosphoric ester groups is 1. The minimum Gasteiger partial charge on any atom is -0.497 e. The zero-order valence-electron chi connectivity index (χ0n) is 25.9. The van der Waals surface area contributed by atoms with Gasteiger partial charge in [-0.2, -0.15) is 0 Å². The Kier molecular flexibility index (Phi) is 13.2. The fourth-order valence-electron chi connectivity index (χ4n) is 4.54. The third kappa shape index (κ3) is 8.80. The summed E-state index contributed by atoms with van der Waals surface area (Å²) in [5.74, 6) is 0.253. The van der Waals surface area contributed by atoms with Crippen molar-refractivity contribution < 1.29 is 37.2 Å². The van der Waals surface area contributed by atoms with Crippen LogP contribution in [0.15, 0.2) is 66.7 Å². The lowest BCUT2D eigenvalue weighted by Gasteiger charge is -2.16. The van der Waals surface area contributed by atoms with Crippen molar-refractivity contribution in [3.8, 4) is 11.5 Å². The summed E-state index contributed by atoms with van der Waals surface area (Å²) >= 11 is 6.01. The summed E-state index contributed by atoms with van der Waals surface area (Å²) < 4.78 is 40.7. The molecule has 0 fully saturated rings. The molecule has 3 aromatic carbocycles. The Balaban J connectivity index is 0.00000259. The second kappa shape index (κ2) is 16.6. The van der Waals surface area contributed by atoms with Crippen molar-refractivity contribution in [3.05, 3.63) is 94.1 Å². The van der Waals surface area contributed by atoms with E-state index in [-0.39, 0.29) is 32.1 Å². The molecule has 44 heavy (non-hydrogen) atoms. The molecule has 9 nitrogen and oxygen atoms in total. The monoisotopic (exact) mass is 643 g/mol. The molecule has 1 aromatic heterocycles. The van der Waals surface area contributed by atoms with Gasteiger partial charge in [0, 0.05) is 21.7 Å². The summed E-state index contributed by atoms with van der Waals surface area (Å²) in [7, 11) is -2.02. The van der Waals surface area contributed by atoms with E-state index in [4.69, 9.17) is 34.6 Å². The molecule has 1 heterocycles. The van der Waals surface area contributed by atoms with Crippen molar-refractivity contribution in [1.82, 2.24) is 4.57 Å². The molecular weight excluding hydrogens is 605 g/mol. The van der Waals surface area contributed by atoms with E-state index < -0.39 is 13.8 Å². The first-order valence-corrected chi connectivity index (χ1v) is 16.3. The Hall–Kier alpha value is -3.46. The van der Waals surface area contributed by atoms with Crippen molar-refractivity contribution in [2.75, 3.05) is 26.9 Å². The molecule has 0 radical (unpaired) electrons. The number of ether oxygens (including phenoxy) is 2. The molecule has 4 rings (SSSR count). The molecule has 0 N–H and O–H groups in total. The highest BCUT2D eigenvalue weighted by Gasteiger charge is 2.25. The van der Waals surface area contributed by atoms with Crippen molar-refractivity contribution >= 4 is 42.2 Å². The van der Waals surface area contributed by atoms with E-state index in [1.165, 1.54) is 0 Å². The van der Waals surface area contributed by atoms with E-state index in [9.17, 15) is 14.2 Å². The Bertz CT molecular complexity index is 1590. The van der Waals surface area contributed by atoms with Crippen LogP contribution in [-0.2, 0) is 35.8 Å². The Morgan fingerprint density at radius 3 is 2.07 bits per heavy atom. The first-order valence-electron chi connectivity index (χ1n) is 14.5. The number of nitrogens with zero attached hydrogens (tertiary/aromatic N) is 1. The number of benzene rings is 3. The summed E-state index contributed by atoms with van der Waals surface area (Å²) in [6.45, 7) is 9.79. The zero-order valence-corrected chi connectivity index (χ0v) is 27.6. The minimum absolute atomic E-state index is 0.0594. The van der Waals surface area contributed by atoms with Crippen LogP contribution in [0.25, 0.3) is 10.9 Å². The lowest BCUT2D eigenvalue weighted by molar-refractivity contribution is -0.133. The standard InChI is InChI=1S/C31H33ClNO8P.C2H6/c1-5-38-42(36,39-6-2)40-18-17-22-7-13-25(14-8-22)41-30(34)20-27-21(3)33(29-16-15-26(37-4)19-28(27)29)31(35)23-9-11-24(32)12-10-23;1-2/h7-16,19H,5-6,17-18,20H2,1-4H3;1-2H3. The summed E-state index contributed by atoms with van der Waals surface area (Å²) in [4.78, 5) is 26.6. The Labute approximate surface area is 263 Å². The Morgan fingerprint density at radius 2 is 1.48 bits per heavy atom. The van der Waals surface area contributed by atoms with Crippen molar-refractivity contribution in [1.29, 1.82) is 0 Å². The Morgan fingerprint density at radius 1 is 0.864 bits per heavy atom. The highest BCUT2D eigenvalue weighted by Crippen LogP contribution is 2.49. The van der Waals surface area contributed by atoms with Gasteiger partial charge in [-0.3, -0.25) is 27.7 Å². The topological polar surface area (TPSA) is 102 Å².